The minimum atomic E-state index is -3.95. The number of halogens is 4. The van der Waals surface area contributed by atoms with E-state index in [1.165, 1.54) is 31.5 Å². The van der Waals surface area contributed by atoms with Crippen LogP contribution in [0.25, 0.3) is 16.9 Å². The van der Waals surface area contributed by atoms with E-state index in [1.54, 1.807) is 13.0 Å². The number of sulfone groups is 1. The van der Waals surface area contributed by atoms with E-state index in [-0.39, 0.29) is 39.0 Å². The molecule has 39 heavy (non-hydrogen) atoms. The molecule has 2 atom stereocenters. The number of rotatable bonds is 5. The molecule has 3 heterocycles. The first-order valence-electron chi connectivity index (χ1n) is 11.8. The largest absolute Gasteiger partial charge is 0.329 e. The fourth-order valence-electron chi connectivity index (χ4n) is 4.96. The lowest BCUT2D eigenvalue weighted by Crippen LogP contribution is -2.24. The summed E-state index contributed by atoms with van der Waals surface area (Å²) in [4.78, 5) is 31.5. The van der Waals surface area contributed by atoms with Crippen LogP contribution in [0.15, 0.2) is 57.2 Å². The van der Waals surface area contributed by atoms with E-state index in [0.29, 0.717) is 12.0 Å². The van der Waals surface area contributed by atoms with Gasteiger partial charge in [-0.3, -0.25) is 19.1 Å². The Morgan fingerprint density at radius 2 is 1.79 bits per heavy atom. The standard InChI is InChI=1S/C27H21ClF3N3O4S/c1-12-11-33-24(14-5-4-6-19(22(14)30)39(3,37)38)23(31)25(12)34-13(2)9-17(21(28)27(34)36)15-10-16(15)20-18(29)7-8-32-26(20)35/h4-9,11,15-16H,10H2,1-3H3,(H,32,35)/t15-,16-/m0/s1. The van der Waals surface area contributed by atoms with E-state index >= 15 is 8.78 Å². The van der Waals surface area contributed by atoms with Crippen LogP contribution in [0, 0.1) is 31.3 Å². The summed E-state index contributed by atoms with van der Waals surface area (Å²) in [6.07, 6.45) is 3.68. The van der Waals surface area contributed by atoms with Gasteiger partial charge in [0.1, 0.15) is 21.4 Å². The Hall–Kier alpha value is -3.70. The van der Waals surface area contributed by atoms with Crippen LogP contribution < -0.4 is 11.1 Å². The summed E-state index contributed by atoms with van der Waals surface area (Å²) in [6, 6.07) is 6.25. The highest BCUT2D eigenvalue weighted by Crippen LogP contribution is 2.55. The van der Waals surface area contributed by atoms with Crippen molar-refractivity contribution in [3.63, 3.8) is 0 Å². The van der Waals surface area contributed by atoms with Gasteiger partial charge in [0.15, 0.2) is 21.5 Å². The zero-order valence-electron chi connectivity index (χ0n) is 20.9. The molecule has 0 spiro atoms. The molecule has 1 fully saturated rings. The van der Waals surface area contributed by atoms with Crippen molar-refractivity contribution in [1.82, 2.24) is 14.5 Å². The third-order valence-electron chi connectivity index (χ3n) is 6.89. The Morgan fingerprint density at radius 3 is 2.46 bits per heavy atom. The van der Waals surface area contributed by atoms with Gasteiger partial charge >= 0.3 is 0 Å². The van der Waals surface area contributed by atoms with Crippen LogP contribution in [0.5, 0.6) is 0 Å². The van der Waals surface area contributed by atoms with Crippen molar-refractivity contribution in [2.24, 2.45) is 0 Å². The second-order valence-corrected chi connectivity index (χ2v) is 11.9. The molecule has 1 N–H and O–H groups in total. The van der Waals surface area contributed by atoms with E-state index in [2.05, 4.69) is 9.97 Å². The van der Waals surface area contributed by atoms with Crippen LogP contribution in [0.2, 0.25) is 5.02 Å². The highest BCUT2D eigenvalue weighted by Gasteiger charge is 2.44. The summed E-state index contributed by atoms with van der Waals surface area (Å²) in [5.74, 6) is -3.72. The second kappa shape index (κ2) is 9.49. The normalized spacial score (nSPS) is 16.9. The molecule has 12 heteroatoms. The van der Waals surface area contributed by atoms with Crippen LogP contribution >= 0.6 is 11.6 Å². The third kappa shape index (κ3) is 4.49. The molecule has 5 rings (SSSR count). The Kier molecular flexibility index (Phi) is 6.54. The summed E-state index contributed by atoms with van der Waals surface area (Å²) >= 11 is 6.47. The van der Waals surface area contributed by atoms with Gasteiger partial charge in [-0.2, -0.15) is 0 Å². The summed E-state index contributed by atoms with van der Waals surface area (Å²) in [5, 5.41) is -0.219. The van der Waals surface area contributed by atoms with Crippen LogP contribution in [0.4, 0.5) is 13.2 Å². The Balaban J connectivity index is 1.64. The summed E-state index contributed by atoms with van der Waals surface area (Å²) in [7, 11) is -3.95. The van der Waals surface area contributed by atoms with Gasteiger partial charge in [0.05, 0.1) is 11.3 Å². The van der Waals surface area contributed by atoms with Crippen LogP contribution in [0.1, 0.15) is 40.6 Å². The molecule has 1 aliphatic rings. The number of hydrogen-bond donors (Lipinski definition) is 1. The van der Waals surface area contributed by atoms with Crippen molar-refractivity contribution < 1.29 is 21.6 Å². The molecule has 1 saturated carbocycles. The van der Waals surface area contributed by atoms with Gasteiger partial charge in [-0.05, 0) is 67.5 Å². The van der Waals surface area contributed by atoms with E-state index in [0.717, 1.165) is 23.0 Å². The molecular weight excluding hydrogens is 555 g/mol. The zero-order valence-corrected chi connectivity index (χ0v) is 22.4. The van der Waals surface area contributed by atoms with E-state index in [4.69, 9.17) is 11.6 Å². The molecule has 3 aromatic heterocycles. The van der Waals surface area contributed by atoms with Crippen molar-refractivity contribution in [2.45, 2.75) is 37.0 Å². The van der Waals surface area contributed by atoms with Gasteiger partial charge in [0.2, 0.25) is 0 Å². The molecule has 0 saturated heterocycles. The van der Waals surface area contributed by atoms with Crippen molar-refractivity contribution >= 4 is 21.4 Å². The van der Waals surface area contributed by atoms with Crippen molar-refractivity contribution in [3.8, 4) is 16.9 Å². The minimum absolute atomic E-state index is 0.0144. The fraction of sp³-hybridized carbons (Fsp3) is 0.222. The van der Waals surface area contributed by atoms with E-state index in [1.807, 2.05) is 0 Å². The predicted octanol–water partition coefficient (Wildman–Crippen LogP) is 4.95. The van der Waals surface area contributed by atoms with E-state index in [9.17, 15) is 22.4 Å². The maximum absolute atomic E-state index is 16.0. The Labute approximate surface area is 225 Å². The van der Waals surface area contributed by atoms with Gasteiger partial charge in [0.25, 0.3) is 11.1 Å². The van der Waals surface area contributed by atoms with Crippen LogP contribution in [0.3, 0.4) is 0 Å². The molecule has 0 amide bonds. The van der Waals surface area contributed by atoms with Gasteiger partial charge in [-0.15, -0.1) is 0 Å². The molecule has 1 aliphatic carbocycles. The van der Waals surface area contributed by atoms with Gasteiger partial charge < -0.3 is 4.98 Å². The number of aryl methyl sites for hydroxylation is 2. The molecule has 202 valence electrons. The smallest absolute Gasteiger partial charge is 0.274 e. The maximum atomic E-state index is 16.0. The first kappa shape index (κ1) is 26.9. The lowest BCUT2D eigenvalue weighted by Gasteiger charge is -2.18. The number of nitrogens with zero attached hydrogens (tertiary/aromatic N) is 2. The monoisotopic (exact) mass is 575 g/mol. The first-order chi connectivity index (χ1) is 18.3. The predicted molar refractivity (Wildman–Crippen MR) is 140 cm³/mol. The number of benzene rings is 1. The molecule has 4 aromatic rings. The quantitative estimate of drug-likeness (QED) is 0.363. The average Bonchev–Trinajstić information content (AvgIpc) is 3.63. The average molecular weight is 576 g/mol. The second-order valence-electron chi connectivity index (χ2n) is 9.55. The zero-order chi connectivity index (χ0) is 28.4. The number of aromatic nitrogens is 3. The molecule has 0 unspecified atom stereocenters. The first-order valence-corrected chi connectivity index (χ1v) is 14.0. The summed E-state index contributed by atoms with van der Waals surface area (Å²) < 4.78 is 70.5. The highest BCUT2D eigenvalue weighted by molar-refractivity contribution is 7.90. The lowest BCUT2D eigenvalue weighted by atomic mass is 10.0. The van der Waals surface area contributed by atoms with Gasteiger partial charge in [0, 0.05) is 29.9 Å². The fourth-order valence-corrected chi connectivity index (χ4v) is 6.00. The van der Waals surface area contributed by atoms with Crippen molar-refractivity contribution in [1.29, 1.82) is 0 Å². The molecule has 0 aliphatic heterocycles. The summed E-state index contributed by atoms with van der Waals surface area (Å²) in [6.45, 7) is 3.06. The number of pyridine rings is 3. The molecule has 0 bridgehead atoms. The van der Waals surface area contributed by atoms with Crippen molar-refractivity contribution in [2.75, 3.05) is 6.26 Å². The SMILES string of the molecule is Cc1cnc(-c2cccc(S(C)(=O)=O)c2F)c(F)c1-n1c(C)cc([C@H]2C[C@@H]2c2c(F)cc[nH]c2=O)c(Cl)c1=O. The molecule has 0 radical (unpaired) electrons. The minimum Gasteiger partial charge on any atom is -0.329 e. The Morgan fingerprint density at radius 1 is 1.08 bits per heavy atom. The van der Waals surface area contributed by atoms with Crippen molar-refractivity contribution in [3.05, 3.63) is 108 Å². The molecule has 1 aromatic carbocycles. The third-order valence-corrected chi connectivity index (χ3v) is 8.38. The van der Waals surface area contributed by atoms with Gasteiger partial charge in [-0.1, -0.05) is 17.7 Å². The number of H-pyrrole nitrogens is 1. The summed E-state index contributed by atoms with van der Waals surface area (Å²) in [5.41, 5.74) is -1.49. The molecular formula is C27H21ClF3N3O4S. The number of hydrogen-bond acceptors (Lipinski definition) is 5. The molecule has 7 nitrogen and oxygen atoms in total. The van der Waals surface area contributed by atoms with Crippen LogP contribution in [-0.2, 0) is 9.84 Å². The lowest BCUT2D eigenvalue weighted by molar-refractivity contribution is 0.569. The van der Waals surface area contributed by atoms with E-state index < -0.39 is 54.9 Å². The topological polar surface area (TPSA) is 102 Å². The number of nitrogens with one attached hydrogen (secondary N) is 1. The van der Waals surface area contributed by atoms with Gasteiger partial charge in [-0.25, -0.2) is 21.6 Å². The maximum Gasteiger partial charge on any atom is 0.274 e. The number of aromatic amines is 1. The van der Waals surface area contributed by atoms with Crippen LogP contribution in [-0.4, -0.2) is 29.2 Å². The highest BCUT2D eigenvalue weighted by atomic mass is 35.5. The Bertz CT molecular complexity index is 1900.